The summed E-state index contributed by atoms with van der Waals surface area (Å²) in [6.07, 6.45) is 4.07. The molecule has 4 aliphatic rings. The molecule has 162 valence electrons. The Hall–Kier alpha value is -1.60. The SMILES string of the molecule is CCOC(=O)N1CCN(C[C@@H]2C(=O)O[C@@H]3CC4=CCC[C@H](C)[C@@]4(C)[C@@H](O)[C@H]23)CC1. The maximum Gasteiger partial charge on any atom is 0.409 e. The minimum Gasteiger partial charge on any atom is -0.461 e. The molecule has 1 N–H and O–H groups in total. The molecule has 2 heterocycles. The van der Waals surface area contributed by atoms with Gasteiger partial charge in [0.05, 0.1) is 18.6 Å². The van der Waals surface area contributed by atoms with Gasteiger partial charge in [0.1, 0.15) is 6.10 Å². The van der Waals surface area contributed by atoms with Gasteiger partial charge < -0.3 is 19.5 Å². The van der Waals surface area contributed by atoms with Crippen molar-refractivity contribution in [2.45, 2.75) is 52.2 Å². The molecular formula is C22H34N2O5. The van der Waals surface area contributed by atoms with E-state index in [1.54, 1.807) is 11.8 Å². The van der Waals surface area contributed by atoms with Crippen molar-refractivity contribution in [3.05, 3.63) is 11.6 Å². The molecular weight excluding hydrogens is 372 g/mol. The van der Waals surface area contributed by atoms with Crippen LogP contribution in [0.4, 0.5) is 4.79 Å². The molecule has 2 saturated heterocycles. The molecule has 1 amide bonds. The van der Waals surface area contributed by atoms with Crippen LogP contribution in [0.5, 0.6) is 0 Å². The minimum absolute atomic E-state index is 0.159. The molecule has 0 bridgehead atoms. The average molecular weight is 407 g/mol. The highest BCUT2D eigenvalue weighted by molar-refractivity contribution is 5.76. The van der Waals surface area contributed by atoms with Crippen molar-refractivity contribution in [2.75, 3.05) is 39.3 Å². The Labute approximate surface area is 173 Å². The van der Waals surface area contributed by atoms with Gasteiger partial charge in [0.2, 0.25) is 0 Å². The summed E-state index contributed by atoms with van der Waals surface area (Å²) in [4.78, 5) is 28.6. The lowest BCUT2D eigenvalue weighted by Gasteiger charge is -2.52. The first kappa shape index (κ1) is 20.7. The number of hydrogen-bond acceptors (Lipinski definition) is 6. The smallest absolute Gasteiger partial charge is 0.409 e. The Morgan fingerprint density at radius 2 is 2.07 bits per heavy atom. The molecule has 2 aliphatic heterocycles. The molecule has 0 spiro atoms. The van der Waals surface area contributed by atoms with E-state index in [9.17, 15) is 14.7 Å². The Morgan fingerprint density at radius 3 is 2.76 bits per heavy atom. The van der Waals surface area contributed by atoms with Crippen LogP contribution in [0.1, 0.15) is 40.0 Å². The lowest BCUT2D eigenvalue weighted by Crippen LogP contribution is -2.56. The topological polar surface area (TPSA) is 79.3 Å². The fourth-order valence-electron chi connectivity index (χ4n) is 5.88. The third kappa shape index (κ3) is 3.46. The Kier molecular flexibility index (Phi) is 5.64. The second-order valence-electron chi connectivity index (χ2n) is 9.29. The van der Waals surface area contributed by atoms with Gasteiger partial charge in [0.15, 0.2) is 0 Å². The van der Waals surface area contributed by atoms with Crippen molar-refractivity contribution in [3.63, 3.8) is 0 Å². The lowest BCUT2D eigenvalue weighted by molar-refractivity contribution is -0.145. The van der Waals surface area contributed by atoms with Gasteiger partial charge in [-0.3, -0.25) is 9.69 Å². The van der Waals surface area contributed by atoms with Crippen LogP contribution in [0.3, 0.4) is 0 Å². The zero-order valence-electron chi connectivity index (χ0n) is 17.8. The normalized spacial score (nSPS) is 40.0. The molecule has 3 fully saturated rings. The highest BCUT2D eigenvalue weighted by Gasteiger charge is 2.59. The molecule has 4 rings (SSSR count). The molecule has 0 unspecified atom stereocenters. The van der Waals surface area contributed by atoms with Crippen molar-refractivity contribution >= 4 is 12.1 Å². The number of fused-ring (bicyclic) bond motifs is 2. The number of nitrogens with zero attached hydrogens (tertiary/aromatic N) is 2. The number of ether oxygens (including phenoxy) is 2. The summed E-state index contributed by atoms with van der Waals surface area (Å²) in [6.45, 7) is 9.75. The third-order valence-corrected chi connectivity index (χ3v) is 7.92. The predicted molar refractivity (Wildman–Crippen MR) is 107 cm³/mol. The van der Waals surface area contributed by atoms with Crippen LogP contribution in [0.15, 0.2) is 11.6 Å². The van der Waals surface area contributed by atoms with E-state index in [0.717, 1.165) is 19.3 Å². The molecule has 1 saturated carbocycles. The number of amides is 1. The van der Waals surface area contributed by atoms with E-state index in [0.29, 0.717) is 45.2 Å². The number of hydrogen-bond donors (Lipinski definition) is 1. The van der Waals surface area contributed by atoms with Gasteiger partial charge in [-0.15, -0.1) is 0 Å². The Morgan fingerprint density at radius 1 is 1.34 bits per heavy atom. The summed E-state index contributed by atoms with van der Waals surface area (Å²) in [6, 6.07) is 0. The van der Waals surface area contributed by atoms with Crippen molar-refractivity contribution in [2.24, 2.45) is 23.2 Å². The van der Waals surface area contributed by atoms with Gasteiger partial charge in [-0.05, 0) is 25.7 Å². The van der Waals surface area contributed by atoms with Crippen LogP contribution in [0.2, 0.25) is 0 Å². The first-order chi connectivity index (χ1) is 13.9. The number of allylic oxidation sites excluding steroid dienone is 1. The van der Waals surface area contributed by atoms with Crippen LogP contribution in [-0.4, -0.2) is 78.5 Å². The number of piperazine rings is 1. The highest BCUT2D eigenvalue weighted by atomic mass is 16.6. The number of aliphatic hydroxyl groups excluding tert-OH is 1. The van der Waals surface area contributed by atoms with E-state index in [2.05, 4.69) is 24.8 Å². The third-order valence-electron chi connectivity index (χ3n) is 7.92. The van der Waals surface area contributed by atoms with Crippen LogP contribution in [0, 0.1) is 23.2 Å². The number of esters is 1. The van der Waals surface area contributed by atoms with Gasteiger partial charge in [-0.25, -0.2) is 4.79 Å². The molecule has 7 heteroatoms. The van der Waals surface area contributed by atoms with Crippen LogP contribution >= 0.6 is 0 Å². The number of carbonyl (C=O) groups is 2. The summed E-state index contributed by atoms with van der Waals surface area (Å²) >= 11 is 0. The quantitative estimate of drug-likeness (QED) is 0.571. The molecule has 2 aliphatic carbocycles. The summed E-state index contributed by atoms with van der Waals surface area (Å²) in [5.74, 6) is -0.254. The van der Waals surface area contributed by atoms with Crippen LogP contribution in [-0.2, 0) is 14.3 Å². The van der Waals surface area contributed by atoms with Gasteiger partial charge >= 0.3 is 12.1 Å². The van der Waals surface area contributed by atoms with Crippen molar-refractivity contribution < 1.29 is 24.2 Å². The van der Waals surface area contributed by atoms with E-state index in [1.165, 1.54) is 5.57 Å². The fourth-order valence-corrected chi connectivity index (χ4v) is 5.88. The van der Waals surface area contributed by atoms with Crippen molar-refractivity contribution in [1.82, 2.24) is 9.80 Å². The number of carbonyl (C=O) groups excluding carboxylic acids is 2. The zero-order chi connectivity index (χ0) is 20.8. The van der Waals surface area contributed by atoms with E-state index in [4.69, 9.17) is 9.47 Å². The van der Waals surface area contributed by atoms with E-state index in [1.807, 2.05) is 0 Å². The van der Waals surface area contributed by atoms with Gasteiger partial charge in [0, 0.05) is 50.5 Å². The standard InChI is InChI=1S/C22H34N2O5/c1-4-28-21(27)24-10-8-23(9-11-24)13-16-18-17(29-20(16)26)12-15-7-5-6-14(2)22(15,3)19(18)25/h7,14,16-19,25H,4-6,8-13H2,1-3H3/t14-,16-,17+,18+,19-,22+/m0/s1. The Bertz CT molecular complexity index is 687. The summed E-state index contributed by atoms with van der Waals surface area (Å²) in [5.41, 5.74) is 0.996. The first-order valence-electron chi connectivity index (χ1n) is 11.1. The molecule has 0 aromatic carbocycles. The second-order valence-corrected chi connectivity index (χ2v) is 9.29. The molecule has 7 nitrogen and oxygen atoms in total. The maximum atomic E-state index is 12.7. The largest absolute Gasteiger partial charge is 0.461 e. The predicted octanol–water partition coefficient (Wildman–Crippen LogP) is 2.05. The minimum atomic E-state index is -0.569. The summed E-state index contributed by atoms with van der Waals surface area (Å²) < 4.78 is 10.8. The maximum absolute atomic E-state index is 12.7. The molecule has 29 heavy (non-hydrogen) atoms. The second kappa shape index (κ2) is 7.91. The van der Waals surface area contributed by atoms with Gasteiger partial charge in [-0.2, -0.15) is 0 Å². The number of rotatable bonds is 3. The van der Waals surface area contributed by atoms with Gasteiger partial charge in [0.25, 0.3) is 0 Å². The average Bonchev–Trinajstić information content (AvgIpc) is 3.00. The number of aliphatic hydroxyl groups is 1. The highest BCUT2D eigenvalue weighted by Crippen LogP contribution is 2.56. The fraction of sp³-hybridized carbons (Fsp3) is 0.818. The van der Waals surface area contributed by atoms with E-state index in [-0.39, 0.29) is 35.4 Å². The van der Waals surface area contributed by atoms with Crippen LogP contribution < -0.4 is 0 Å². The molecule has 6 atom stereocenters. The summed E-state index contributed by atoms with van der Waals surface area (Å²) in [5, 5.41) is 11.4. The van der Waals surface area contributed by atoms with E-state index < -0.39 is 6.10 Å². The molecule has 0 radical (unpaired) electrons. The summed E-state index contributed by atoms with van der Waals surface area (Å²) in [7, 11) is 0. The molecule has 0 aromatic heterocycles. The van der Waals surface area contributed by atoms with Crippen molar-refractivity contribution in [1.29, 1.82) is 0 Å². The first-order valence-corrected chi connectivity index (χ1v) is 11.1. The Balaban J connectivity index is 1.44. The monoisotopic (exact) mass is 406 g/mol. The van der Waals surface area contributed by atoms with Gasteiger partial charge in [-0.1, -0.05) is 25.5 Å². The van der Waals surface area contributed by atoms with Crippen molar-refractivity contribution in [3.8, 4) is 0 Å². The molecule has 0 aromatic rings. The van der Waals surface area contributed by atoms with E-state index >= 15 is 0 Å². The zero-order valence-corrected chi connectivity index (χ0v) is 17.8. The lowest BCUT2D eigenvalue weighted by atomic mass is 9.55. The van der Waals surface area contributed by atoms with Crippen LogP contribution in [0.25, 0.3) is 0 Å².